The Morgan fingerprint density at radius 1 is 1.19 bits per heavy atom. The molecule has 2 aromatic rings. The first kappa shape index (κ1) is 15.0. The third-order valence-electron chi connectivity index (χ3n) is 3.17. The van der Waals surface area contributed by atoms with Gasteiger partial charge in [-0.2, -0.15) is 0 Å². The molecule has 0 aliphatic rings. The van der Waals surface area contributed by atoms with Crippen molar-refractivity contribution in [3.63, 3.8) is 0 Å². The maximum absolute atomic E-state index is 13.5. The summed E-state index contributed by atoms with van der Waals surface area (Å²) < 4.78 is 27.0. The number of hydrogen-bond acceptors (Lipinski definition) is 2. The lowest BCUT2D eigenvalue weighted by Crippen LogP contribution is -2.24. The van der Waals surface area contributed by atoms with Crippen LogP contribution in [0.5, 0.6) is 5.75 Å². The van der Waals surface area contributed by atoms with E-state index < -0.39 is 23.0 Å². The van der Waals surface area contributed by atoms with Gasteiger partial charge in [-0.25, -0.2) is 8.78 Å². The molecule has 0 unspecified atom stereocenters. The first-order chi connectivity index (χ1) is 9.90. The van der Waals surface area contributed by atoms with Crippen LogP contribution in [-0.4, -0.2) is 11.0 Å². The van der Waals surface area contributed by atoms with Crippen LogP contribution in [0.2, 0.25) is 0 Å². The highest BCUT2D eigenvalue weighted by atomic mass is 19.1. The van der Waals surface area contributed by atoms with Crippen LogP contribution in [-0.2, 0) is 6.54 Å². The molecule has 0 saturated heterocycles. The van der Waals surface area contributed by atoms with Gasteiger partial charge in [0.1, 0.15) is 22.9 Å². The molecule has 2 N–H and O–H groups in total. The third-order valence-corrected chi connectivity index (χ3v) is 3.17. The van der Waals surface area contributed by atoms with Crippen molar-refractivity contribution in [2.24, 2.45) is 0 Å². The summed E-state index contributed by atoms with van der Waals surface area (Å²) in [5.74, 6) is -2.21. The Morgan fingerprint density at radius 3 is 2.38 bits per heavy atom. The monoisotopic (exact) mass is 291 g/mol. The first-order valence-corrected chi connectivity index (χ1v) is 6.41. The molecule has 0 aliphatic heterocycles. The molecule has 0 spiro atoms. The van der Waals surface area contributed by atoms with Crippen molar-refractivity contribution in [3.05, 3.63) is 64.2 Å². The molecule has 1 amide bonds. The van der Waals surface area contributed by atoms with E-state index in [1.54, 1.807) is 26.0 Å². The highest BCUT2D eigenvalue weighted by molar-refractivity contribution is 5.97. The molecule has 21 heavy (non-hydrogen) atoms. The Balaban J connectivity index is 2.15. The van der Waals surface area contributed by atoms with Crippen molar-refractivity contribution >= 4 is 5.91 Å². The number of rotatable bonds is 3. The fraction of sp³-hybridized carbons (Fsp3) is 0.188. The van der Waals surface area contributed by atoms with Gasteiger partial charge in [-0.1, -0.05) is 18.2 Å². The van der Waals surface area contributed by atoms with Crippen molar-refractivity contribution in [2.75, 3.05) is 0 Å². The van der Waals surface area contributed by atoms with Crippen LogP contribution in [0.3, 0.4) is 0 Å². The highest BCUT2D eigenvalue weighted by Gasteiger charge is 2.16. The minimum absolute atomic E-state index is 0.120. The van der Waals surface area contributed by atoms with Crippen molar-refractivity contribution in [1.29, 1.82) is 0 Å². The number of benzene rings is 2. The molecule has 0 atom stereocenters. The van der Waals surface area contributed by atoms with E-state index in [-0.39, 0.29) is 12.4 Å². The van der Waals surface area contributed by atoms with Gasteiger partial charge in [0.2, 0.25) is 0 Å². The minimum Gasteiger partial charge on any atom is -0.507 e. The summed E-state index contributed by atoms with van der Waals surface area (Å²) in [5, 5.41) is 12.0. The van der Waals surface area contributed by atoms with Crippen LogP contribution in [0.15, 0.2) is 30.3 Å². The summed E-state index contributed by atoms with van der Waals surface area (Å²) in [6.07, 6.45) is 0. The summed E-state index contributed by atoms with van der Waals surface area (Å²) in [6.45, 7) is 3.39. The second kappa shape index (κ2) is 5.91. The van der Waals surface area contributed by atoms with Gasteiger partial charge in [-0.05, 0) is 42.7 Å². The molecule has 3 nitrogen and oxygen atoms in total. The fourth-order valence-corrected chi connectivity index (χ4v) is 2.15. The van der Waals surface area contributed by atoms with Crippen LogP contribution in [0.25, 0.3) is 0 Å². The van der Waals surface area contributed by atoms with E-state index in [0.29, 0.717) is 16.7 Å². The van der Waals surface area contributed by atoms with Gasteiger partial charge in [0, 0.05) is 6.54 Å². The summed E-state index contributed by atoms with van der Waals surface area (Å²) in [5.41, 5.74) is 1.27. The molecule has 110 valence electrons. The van der Waals surface area contributed by atoms with Gasteiger partial charge < -0.3 is 10.4 Å². The Labute approximate surface area is 121 Å². The predicted molar refractivity (Wildman–Crippen MR) is 75.1 cm³/mol. The van der Waals surface area contributed by atoms with Gasteiger partial charge >= 0.3 is 0 Å². The van der Waals surface area contributed by atoms with E-state index in [9.17, 15) is 18.7 Å². The summed E-state index contributed by atoms with van der Waals surface area (Å²) in [4.78, 5) is 11.9. The highest BCUT2D eigenvalue weighted by Crippen LogP contribution is 2.20. The number of phenols is 1. The lowest BCUT2D eigenvalue weighted by Gasteiger charge is -2.10. The normalized spacial score (nSPS) is 10.5. The fourth-order valence-electron chi connectivity index (χ4n) is 2.15. The van der Waals surface area contributed by atoms with Crippen LogP contribution in [0, 0.1) is 25.5 Å². The second-order valence-electron chi connectivity index (χ2n) is 4.86. The Morgan fingerprint density at radius 2 is 1.81 bits per heavy atom. The largest absolute Gasteiger partial charge is 0.507 e. The van der Waals surface area contributed by atoms with Crippen LogP contribution in [0.4, 0.5) is 8.78 Å². The molecule has 0 aliphatic carbocycles. The first-order valence-electron chi connectivity index (χ1n) is 6.41. The van der Waals surface area contributed by atoms with Gasteiger partial charge in [0.05, 0.1) is 0 Å². The van der Waals surface area contributed by atoms with Gasteiger partial charge in [0.15, 0.2) is 0 Å². The number of carbonyl (C=O) groups is 1. The van der Waals surface area contributed by atoms with Crippen molar-refractivity contribution in [2.45, 2.75) is 20.4 Å². The van der Waals surface area contributed by atoms with Gasteiger partial charge in [-0.3, -0.25) is 4.79 Å². The zero-order chi connectivity index (χ0) is 15.6. The van der Waals surface area contributed by atoms with Gasteiger partial charge in [0.25, 0.3) is 5.91 Å². The molecule has 0 aromatic heterocycles. The average molecular weight is 291 g/mol. The topological polar surface area (TPSA) is 49.3 Å². The Hall–Kier alpha value is -2.43. The predicted octanol–water partition coefficient (Wildman–Crippen LogP) is 3.22. The van der Waals surface area contributed by atoms with Crippen LogP contribution < -0.4 is 5.32 Å². The van der Waals surface area contributed by atoms with E-state index in [4.69, 9.17) is 0 Å². The maximum atomic E-state index is 13.5. The molecule has 0 fully saturated rings. The number of nitrogens with one attached hydrogen (secondary N) is 1. The van der Waals surface area contributed by atoms with E-state index in [1.807, 2.05) is 0 Å². The SMILES string of the molecule is Cc1cc(CNC(=O)c2c(O)cccc2F)cc(C)c1F. The van der Waals surface area contributed by atoms with Crippen molar-refractivity contribution in [1.82, 2.24) is 5.32 Å². The zero-order valence-electron chi connectivity index (χ0n) is 11.7. The number of phenolic OH excluding ortho intramolecular Hbond substituents is 1. The van der Waals surface area contributed by atoms with Crippen LogP contribution in [0.1, 0.15) is 27.0 Å². The quantitative estimate of drug-likeness (QED) is 0.912. The molecule has 0 bridgehead atoms. The molecular weight excluding hydrogens is 276 g/mol. The van der Waals surface area contributed by atoms with E-state index in [0.717, 1.165) is 6.07 Å². The van der Waals surface area contributed by atoms with E-state index >= 15 is 0 Å². The maximum Gasteiger partial charge on any atom is 0.258 e. The number of carbonyl (C=O) groups excluding carboxylic acids is 1. The second-order valence-corrected chi connectivity index (χ2v) is 4.86. The Bertz CT molecular complexity index is 655. The number of aryl methyl sites for hydroxylation is 2. The smallest absolute Gasteiger partial charge is 0.258 e. The van der Waals surface area contributed by atoms with E-state index in [1.165, 1.54) is 12.1 Å². The summed E-state index contributed by atoms with van der Waals surface area (Å²) >= 11 is 0. The summed E-state index contributed by atoms with van der Waals surface area (Å²) in [7, 11) is 0. The average Bonchev–Trinajstić information content (AvgIpc) is 2.42. The lowest BCUT2D eigenvalue weighted by molar-refractivity contribution is 0.0944. The van der Waals surface area contributed by atoms with E-state index in [2.05, 4.69) is 5.32 Å². The standard InChI is InChI=1S/C16H15F2NO2/c1-9-6-11(7-10(2)15(9)18)8-19-16(21)14-12(17)4-3-5-13(14)20/h3-7,20H,8H2,1-2H3,(H,19,21). The number of hydrogen-bond donors (Lipinski definition) is 2. The minimum atomic E-state index is -0.793. The molecule has 0 radical (unpaired) electrons. The van der Waals surface area contributed by atoms with Crippen molar-refractivity contribution in [3.8, 4) is 5.75 Å². The molecule has 0 saturated carbocycles. The van der Waals surface area contributed by atoms with Gasteiger partial charge in [-0.15, -0.1) is 0 Å². The molecule has 5 heteroatoms. The molecule has 2 rings (SSSR count). The number of aromatic hydroxyl groups is 1. The van der Waals surface area contributed by atoms with Crippen LogP contribution >= 0.6 is 0 Å². The van der Waals surface area contributed by atoms with Crippen molar-refractivity contribution < 1.29 is 18.7 Å². The Kier molecular flexibility index (Phi) is 4.21. The molecule has 2 aromatic carbocycles. The molecule has 0 heterocycles. The molecular formula is C16H15F2NO2. The number of halogens is 2. The lowest BCUT2D eigenvalue weighted by atomic mass is 10.1. The summed E-state index contributed by atoms with van der Waals surface area (Å²) in [6, 6.07) is 6.88. The zero-order valence-corrected chi connectivity index (χ0v) is 11.7. The number of amides is 1. The third kappa shape index (κ3) is 3.18.